The lowest BCUT2D eigenvalue weighted by molar-refractivity contribution is 0.621. The summed E-state index contributed by atoms with van der Waals surface area (Å²) in [6, 6.07) is 13.8. The van der Waals surface area contributed by atoms with Gasteiger partial charge in [0.1, 0.15) is 24.0 Å². The Kier molecular flexibility index (Phi) is 4.13. The lowest BCUT2D eigenvalue weighted by Gasteiger charge is -2.19. The molecule has 1 N–H and O–H groups in total. The summed E-state index contributed by atoms with van der Waals surface area (Å²) in [6.07, 6.45) is 4.42. The summed E-state index contributed by atoms with van der Waals surface area (Å²) in [7, 11) is 0. The Morgan fingerprint density at radius 1 is 1.16 bits per heavy atom. The van der Waals surface area contributed by atoms with Crippen LogP contribution in [0.15, 0.2) is 48.9 Å². The van der Waals surface area contributed by atoms with Gasteiger partial charge in [0.15, 0.2) is 0 Å². The zero-order chi connectivity index (χ0) is 17.1. The predicted octanol–water partition coefficient (Wildman–Crippen LogP) is 2.83. The summed E-state index contributed by atoms with van der Waals surface area (Å²) < 4.78 is 0. The second-order valence-electron chi connectivity index (χ2n) is 6.21. The molecule has 1 aromatic carbocycles. The molecular formula is C19H18N6. The number of hydrogen-bond donors (Lipinski definition) is 1. The maximum absolute atomic E-state index is 9.15. The van der Waals surface area contributed by atoms with E-state index in [1.54, 1.807) is 24.7 Å². The van der Waals surface area contributed by atoms with Gasteiger partial charge in [-0.3, -0.25) is 0 Å². The molecule has 1 saturated heterocycles. The second-order valence-corrected chi connectivity index (χ2v) is 6.21. The maximum atomic E-state index is 9.15. The SMILES string of the molecule is N#Cc1cccnc1NC[C@H]1CCN(c2ncnc3ccccc23)C1. The Morgan fingerprint density at radius 3 is 3.00 bits per heavy atom. The maximum Gasteiger partial charge on any atom is 0.143 e. The number of fused-ring (bicyclic) bond motifs is 1. The number of anilines is 2. The molecule has 0 bridgehead atoms. The van der Waals surface area contributed by atoms with Gasteiger partial charge in [-0.05, 0) is 36.6 Å². The zero-order valence-electron chi connectivity index (χ0n) is 13.8. The van der Waals surface area contributed by atoms with Crippen LogP contribution in [0.4, 0.5) is 11.6 Å². The number of aromatic nitrogens is 3. The van der Waals surface area contributed by atoms with Gasteiger partial charge in [0.25, 0.3) is 0 Å². The summed E-state index contributed by atoms with van der Waals surface area (Å²) in [4.78, 5) is 15.4. The lowest BCUT2D eigenvalue weighted by Crippen LogP contribution is -2.24. The molecule has 1 aliphatic rings. The van der Waals surface area contributed by atoms with Crippen LogP contribution >= 0.6 is 0 Å². The van der Waals surface area contributed by atoms with Crippen LogP contribution in [-0.2, 0) is 0 Å². The van der Waals surface area contributed by atoms with E-state index in [4.69, 9.17) is 5.26 Å². The van der Waals surface area contributed by atoms with E-state index in [1.165, 1.54) is 0 Å². The largest absolute Gasteiger partial charge is 0.369 e. The van der Waals surface area contributed by atoms with Crippen LogP contribution < -0.4 is 10.2 Å². The number of para-hydroxylation sites is 1. The quantitative estimate of drug-likeness (QED) is 0.792. The van der Waals surface area contributed by atoms with E-state index in [2.05, 4.69) is 37.3 Å². The van der Waals surface area contributed by atoms with E-state index in [1.807, 2.05) is 18.2 Å². The first-order valence-electron chi connectivity index (χ1n) is 8.39. The molecule has 0 saturated carbocycles. The van der Waals surface area contributed by atoms with Gasteiger partial charge in [-0.1, -0.05) is 12.1 Å². The molecule has 2 aromatic heterocycles. The van der Waals surface area contributed by atoms with Crippen LogP contribution in [0.5, 0.6) is 0 Å². The van der Waals surface area contributed by atoms with Crippen molar-refractivity contribution in [2.75, 3.05) is 29.9 Å². The topological polar surface area (TPSA) is 77.7 Å². The average molecular weight is 330 g/mol. The summed E-state index contributed by atoms with van der Waals surface area (Å²) in [5, 5.41) is 13.6. The fourth-order valence-electron chi connectivity index (χ4n) is 3.31. The molecule has 1 atom stereocenters. The van der Waals surface area contributed by atoms with Crippen molar-refractivity contribution in [3.05, 3.63) is 54.5 Å². The first kappa shape index (κ1) is 15.3. The molecule has 6 nitrogen and oxygen atoms in total. The van der Waals surface area contributed by atoms with E-state index in [0.29, 0.717) is 17.3 Å². The van der Waals surface area contributed by atoms with Crippen molar-refractivity contribution in [2.45, 2.75) is 6.42 Å². The Bertz CT molecular complexity index is 927. The molecule has 0 amide bonds. The minimum Gasteiger partial charge on any atom is -0.369 e. The number of nitrogens with zero attached hydrogens (tertiary/aromatic N) is 5. The predicted molar refractivity (Wildman–Crippen MR) is 97.3 cm³/mol. The number of nitrogens with one attached hydrogen (secondary N) is 1. The molecule has 0 aliphatic carbocycles. The normalized spacial score (nSPS) is 16.8. The molecule has 124 valence electrons. The van der Waals surface area contributed by atoms with Crippen LogP contribution in [0.3, 0.4) is 0 Å². The van der Waals surface area contributed by atoms with Crippen molar-refractivity contribution in [3.8, 4) is 6.07 Å². The van der Waals surface area contributed by atoms with Gasteiger partial charge in [-0.2, -0.15) is 5.26 Å². The van der Waals surface area contributed by atoms with E-state index in [0.717, 1.165) is 42.8 Å². The van der Waals surface area contributed by atoms with Crippen molar-refractivity contribution in [1.29, 1.82) is 5.26 Å². The van der Waals surface area contributed by atoms with Crippen LogP contribution in [0.2, 0.25) is 0 Å². The third kappa shape index (κ3) is 3.09. The third-order valence-electron chi connectivity index (χ3n) is 4.59. The summed E-state index contributed by atoms with van der Waals surface area (Å²) in [6.45, 7) is 2.70. The third-order valence-corrected chi connectivity index (χ3v) is 4.59. The average Bonchev–Trinajstić information content (AvgIpc) is 3.15. The molecule has 25 heavy (non-hydrogen) atoms. The van der Waals surface area contributed by atoms with Crippen molar-refractivity contribution in [1.82, 2.24) is 15.0 Å². The summed E-state index contributed by atoms with van der Waals surface area (Å²) in [5.74, 6) is 2.15. The zero-order valence-corrected chi connectivity index (χ0v) is 13.8. The van der Waals surface area contributed by atoms with Crippen LogP contribution in [-0.4, -0.2) is 34.6 Å². The molecule has 0 unspecified atom stereocenters. The number of nitriles is 1. The van der Waals surface area contributed by atoms with Crippen LogP contribution in [0.1, 0.15) is 12.0 Å². The fourth-order valence-corrected chi connectivity index (χ4v) is 3.31. The molecule has 1 fully saturated rings. The highest BCUT2D eigenvalue weighted by Gasteiger charge is 2.25. The van der Waals surface area contributed by atoms with Gasteiger partial charge >= 0.3 is 0 Å². The standard InChI is InChI=1S/C19H18N6/c20-10-15-4-3-8-21-18(15)22-11-14-7-9-25(12-14)19-16-5-1-2-6-17(16)23-13-24-19/h1-6,8,13-14H,7,9,11-12H2,(H,21,22)/t14-/m1/s1. The van der Waals surface area contributed by atoms with Crippen LogP contribution in [0.25, 0.3) is 10.9 Å². The number of hydrogen-bond acceptors (Lipinski definition) is 6. The van der Waals surface area contributed by atoms with E-state index in [9.17, 15) is 0 Å². The fraction of sp³-hybridized carbons (Fsp3) is 0.263. The van der Waals surface area contributed by atoms with Crippen molar-refractivity contribution in [3.63, 3.8) is 0 Å². The monoisotopic (exact) mass is 330 g/mol. The Hall–Kier alpha value is -3.20. The molecule has 0 radical (unpaired) electrons. The summed E-state index contributed by atoms with van der Waals surface area (Å²) in [5.41, 5.74) is 1.56. The molecule has 3 heterocycles. The Labute approximate surface area is 146 Å². The van der Waals surface area contributed by atoms with E-state index >= 15 is 0 Å². The lowest BCUT2D eigenvalue weighted by atomic mass is 10.1. The summed E-state index contributed by atoms with van der Waals surface area (Å²) >= 11 is 0. The number of benzene rings is 1. The highest BCUT2D eigenvalue weighted by molar-refractivity contribution is 5.89. The minimum absolute atomic E-state index is 0.488. The number of rotatable bonds is 4. The van der Waals surface area contributed by atoms with Gasteiger partial charge in [-0.15, -0.1) is 0 Å². The van der Waals surface area contributed by atoms with Gasteiger partial charge in [0.05, 0.1) is 11.1 Å². The van der Waals surface area contributed by atoms with E-state index in [-0.39, 0.29) is 0 Å². The number of pyridine rings is 1. The molecule has 4 rings (SSSR count). The smallest absolute Gasteiger partial charge is 0.143 e. The Balaban J connectivity index is 1.46. The van der Waals surface area contributed by atoms with Gasteiger partial charge in [0.2, 0.25) is 0 Å². The van der Waals surface area contributed by atoms with Crippen LogP contribution in [0, 0.1) is 17.2 Å². The van der Waals surface area contributed by atoms with Gasteiger partial charge in [0, 0.05) is 31.2 Å². The molecule has 0 spiro atoms. The van der Waals surface area contributed by atoms with E-state index < -0.39 is 0 Å². The first-order valence-corrected chi connectivity index (χ1v) is 8.39. The minimum atomic E-state index is 0.488. The van der Waals surface area contributed by atoms with Gasteiger partial charge < -0.3 is 10.2 Å². The van der Waals surface area contributed by atoms with Crippen molar-refractivity contribution in [2.24, 2.45) is 5.92 Å². The molecule has 3 aromatic rings. The highest BCUT2D eigenvalue weighted by atomic mass is 15.2. The highest BCUT2D eigenvalue weighted by Crippen LogP contribution is 2.28. The molecular weight excluding hydrogens is 312 g/mol. The second kappa shape index (κ2) is 6.73. The van der Waals surface area contributed by atoms with Crippen molar-refractivity contribution >= 4 is 22.5 Å². The molecule has 6 heteroatoms. The van der Waals surface area contributed by atoms with Gasteiger partial charge in [-0.25, -0.2) is 15.0 Å². The Morgan fingerprint density at radius 2 is 2.08 bits per heavy atom. The molecule has 1 aliphatic heterocycles. The van der Waals surface area contributed by atoms with Crippen molar-refractivity contribution < 1.29 is 0 Å². The first-order chi connectivity index (χ1) is 12.3.